The fourth-order valence-electron chi connectivity index (χ4n) is 0.743. The van der Waals surface area contributed by atoms with Crippen LogP contribution in [0.3, 0.4) is 0 Å². The molecule has 0 saturated carbocycles. The number of hydrazine groups is 1. The van der Waals surface area contributed by atoms with E-state index >= 15 is 0 Å². The minimum absolute atomic E-state index is 0.161. The quantitative estimate of drug-likeness (QED) is 0.507. The topological polar surface area (TPSA) is 96.9 Å². The second kappa shape index (κ2) is 9.67. The number of ether oxygens (including phenoxy) is 2. The predicted molar refractivity (Wildman–Crippen MR) is 66.7 cm³/mol. The van der Waals surface area contributed by atoms with Gasteiger partial charge in [0.25, 0.3) is 0 Å². The maximum atomic E-state index is 11.1. The number of aliphatic hydroxyl groups is 1. The van der Waals surface area contributed by atoms with Crippen LogP contribution in [0.2, 0.25) is 0 Å². The number of carbonyl (C=O) groups is 2. The van der Waals surface area contributed by atoms with E-state index in [4.69, 9.17) is 9.84 Å². The van der Waals surface area contributed by atoms with Crippen LogP contribution in [-0.2, 0) is 14.3 Å². The Labute approximate surface area is 108 Å². The predicted octanol–water partition coefficient (Wildman–Crippen LogP) is 0.576. The molecule has 3 N–H and O–H groups in total. The van der Waals surface area contributed by atoms with Crippen LogP contribution >= 0.6 is 0 Å². The van der Waals surface area contributed by atoms with Gasteiger partial charge in [-0.15, -0.1) is 0 Å². The molecule has 1 amide bonds. The van der Waals surface area contributed by atoms with Crippen molar-refractivity contribution < 1.29 is 24.2 Å². The maximum absolute atomic E-state index is 11.1. The van der Waals surface area contributed by atoms with Crippen LogP contribution in [0.15, 0.2) is 0 Å². The van der Waals surface area contributed by atoms with Gasteiger partial charge in [0.15, 0.2) is 6.10 Å². The van der Waals surface area contributed by atoms with E-state index in [1.54, 1.807) is 20.8 Å². The van der Waals surface area contributed by atoms with Gasteiger partial charge < -0.3 is 14.6 Å². The molecule has 18 heavy (non-hydrogen) atoms. The number of carbonyl (C=O) groups excluding carboxylic acids is 2. The summed E-state index contributed by atoms with van der Waals surface area (Å²) in [5.74, 6) is -0.779. The molecule has 0 bridgehead atoms. The molecule has 108 valence electrons. The Morgan fingerprint density at radius 1 is 1.28 bits per heavy atom. The average molecular weight is 264 g/mol. The number of hydrogen-bond donors (Lipinski definition) is 3. The van der Waals surface area contributed by atoms with E-state index in [-0.39, 0.29) is 6.54 Å². The first-order valence-corrected chi connectivity index (χ1v) is 5.74. The molecule has 0 heterocycles. The largest absolute Gasteiger partial charge is 0.467 e. The summed E-state index contributed by atoms with van der Waals surface area (Å²) in [6.45, 7) is 8.99. The van der Waals surface area contributed by atoms with Gasteiger partial charge in [-0.2, -0.15) is 0 Å². The molecular formula is C11H24N2O5. The van der Waals surface area contributed by atoms with Gasteiger partial charge in [-0.25, -0.2) is 15.0 Å². The van der Waals surface area contributed by atoms with Crippen LogP contribution in [0.5, 0.6) is 0 Å². The molecule has 0 aromatic carbocycles. The van der Waals surface area contributed by atoms with Crippen LogP contribution in [-0.4, -0.2) is 42.5 Å². The van der Waals surface area contributed by atoms with Crippen molar-refractivity contribution >= 4 is 12.1 Å². The summed E-state index contributed by atoms with van der Waals surface area (Å²) in [7, 11) is 1.16. The summed E-state index contributed by atoms with van der Waals surface area (Å²) in [6.07, 6.45) is -2.02. The van der Waals surface area contributed by atoms with Crippen LogP contribution in [0.25, 0.3) is 0 Å². The van der Waals surface area contributed by atoms with Crippen molar-refractivity contribution in [2.45, 2.75) is 46.3 Å². The molecule has 0 spiro atoms. The monoisotopic (exact) mass is 264 g/mol. The molecule has 0 aliphatic heterocycles. The molecule has 0 aromatic rings. The molecule has 0 aromatic heterocycles. The van der Waals surface area contributed by atoms with Crippen molar-refractivity contribution in [1.82, 2.24) is 10.9 Å². The Balaban J connectivity index is 0. The normalized spacial score (nSPS) is 11.7. The average Bonchev–Trinajstić information content (AvgIpc) is 2.28. The minimum atomic E-state index is -1.33. The zero-order valence-electron chi connectivity index (χ0n) is 11.9. The van der Waals surface area contributed by atoms with Gasteiger partial charge in [0, 0.05) is 0 Å². The van der Waals surface area contributed by atoms with Gasteiger partial charge in [-0.3, -0.25) is 5.43 Å². The lowest BCUT2D eigenvalue weighted by Crippen LogP contribution is -2.46. The Kier molecular flexibility index (Phi) is 10.2. The smallest absolute Gasteiger partial charge is 0.422 e. The van der Waals surface area contributed by atoms with Crippen molar-refractivity contribution in [3.8, 4) is 0 Å². The number of amides is 1. The molecule has 7 nitrogen and oxygen atoms in total. The van der Waals surface area contributed by atoms with Crippen LogP contribution in [0.4, 0.5) is 4.79 Å². The second-order valence-electron chi connectivity index (χ2n) is 4.05. The van der Waals surface area contributed by atoms with E-state index in [0.717, 1.165) is 7.11 Å². The second-order valence-corrected chi connectivity index (χ2v) is 4.05. The first-order chi connectivity index (χ1) is 8.26. The van der Waals surface area contributed by atoms with Crippen molar-refractivity contribution in [3.05, 3.63) is 0 Å². The highest BCUT2D eigenvalue weighted by atomic mass is 16.6. The molecule has 0 aliphatic carbocycles. The highest BCUT2D eigenvalue weighted by molar-refractivity contribution is 5.74. The summed E-state index contributed by atoms with van der Waals surface area (Å²) in [6, 6.07) is 0. The number of esters is 1. The zero-order chi connectivity index (χ0) is 14.8. The van der Waals surface area contributed by atoms with Gasteiger partial charge in [0.1, 0.15) is 5.60 Å². The fraction of sp³-hybridized carbons (Fsp3) is 0.818. The van der Waals surface area contributed by atoms with E-state index in [0.29, 0.717) is 0 Å². The van der Waals surface area contributed by atoms with Crippen molar-refractivity contribution in [3.63, 3.8) is 0 Å². The van der Waals surface area contributed by atoms with Gasteiger partial charge in [0.2, 0.25) is 0 Å². The summed E-state index contributed by atoms with van der Waals surface area (Å²) >= 11 is 0. The molecule has 7 heteroatoms. The van der Waals surface area contributed by atoms with E-state index in [9.17, 15) is 9.59 Å². The third-order valence-corrected chi connectivity index (χ3v) is 1.36. The number of nitrogens with one attached hydrogen (secondary N) is 2. The molecule has 0 radical (unpaired) electrons. The summed E-state index contributed by atoms with van der Waals surface area (Å²) in [4.78, 5) is 21.8. The molecule has 0 saturated heterocycles. The van der Waals surface area contributed by atoms with E-state index < -0.39 is 23.8 Å². The Hall–Kier alpha value is -1.34. The summed E-state index contributed by atoms with van der Waals surface area (Å²) in [5, 5.41) is 9.13. The van der Waals surface area contributed by atoms with Crippen LogP contribution < -0.4 is 10.9 Å². The Morgan fingerprint density at radius 2 is 1.78 bits per heavy atom. The molecule has 1 atom stereocenters. The first-order valence-electron chi connectivity index (χ1n) is 5.74. The van der Waals surface area contributed by atoms with Crippen LogP contribution in [0.1, 0.15) is 34.6 Å². The fourth-order valence-corrected chi connectivity index (χ4v) is 0.743. The SMILES string of the molecule is CC.COC(=O)[C@H](O)CNNC(=O)OC(C)(C)C. The van der Waals surface area contributed by atoms with Gasteiger partial charge >= 0.3 is 12.1 Å². The van der Waals surface area contributed by atoms with Crippen molar-refractivity contribution in [1.29, 1.82) is 0 Å². The third kappa shape index (κ3) is 11.2. The standard InChI is InChI=1S/C9H18N2O5.C2H6/c1-9(2,3)16-8(14)11-10-5-6(12)7(13)15-4;1-2/h6,10,12H,5H2,1-4H3,(H,11,14);1-2H3/t6-;/m1./s1. The Morgan fingerprint density at radius 3 is 2.17 bits per heavy atom. The lowest BCUT2D eigenvalue weighted by atomic mass is 10.2. The highest BCUT2D eigenvalue weighted by Gasteiger charge is 2.17. The number of hydrogen-bond acceptors (Lipinski definition) is 6. The zero-order valence-corrected chi connectivity index (χ0v) is 11.9. The molecular weight excluding hydrogens is 240 g/mol. The molecule has 0 aliphatic rings. The van der Waals surface area contributed by atoms with Crippen molar-refractivity contribution in [2.75, 3.05) is 13.7 Å². The van der Waals surface area contributed by atoms with E-state index in [1.165, 1.54) is 0 Å². The minimum Gasteiger partial charge on any atom is -0.467 e. The first kappa shape index (κ1) is 19.0. The third-order valence-electron chi connectivity index (χ3n) is 1.36. The number of rotatable bonds is 4. The highest BCUT2D eigenvalue weighted by Crippen LogP contribution is 2.05. The molecule has 0 fully saturated rings. The van der Waals surface area contributed by atoms with Crippen molar-refractivity contribution in [2.24, 2.45) is 0 Å². The van der Waals surface area contributed by atoms with Gasteiger partial charge in [0.05, 0.1) is 13.7 Å². The summed E-state index contributed by atoms with van der Waals surface area (Å²) < 4.78 is 9.17. The summed E-state index contributed by atoms with van der Waals surface area (Å²) in [5.41, 5.74) is 3.91. The molecule has 0 rings (SSSR count). The number of aliphatic hydroxyl groups excluding tert-OH is 1. The molecule has 0 unspecified atom stereocenters. The maximum Gasteiger partial charge on any atom is 0.422 e. The van der Waals surface area contributed by atoms with Gasteiger partial charge in [-0.05, 0) is 20.8 Å². The van der Waals surface area contributed by atoms with Gasteiger partial charge in [-0.1, -0.05) is 13.8 Å². The van der Waals surface area contributed by atoms with E-state index in [1.807, 2.05) is 13.8 Å². The lowest BCUT2D eigenvalue weighted by Gasteiger charge is -2.20. The van der Waals surface area contributed by atoms with E-state index in [2.05, 4.69) is 15.6 Å². The Bertz CT molecular complexity index is 250. The number of methoxy groups -OCH3 is 1. The lowest BCUT2D eigenvalue weighted by molar-refractivity contribution is -0.150. The van der Waals surface area contributed by atoms with Crippen LogP contribution in [0, 0.1) is 0 Å².